The minimum Gasteiger partial charge on any atom is -0.357 e. The number of rotatable bonds is 6. The molecule has 1 unspecified atom stereocenters. The van der Waals surface area contributed by atoms with Gasteiger partial charge in [-0.3, -0.25) is 9.79 Å². The van der Waals surface area contributed by atoms with Gasteiger partial charge in [-0.1, -0.05) is 39.8 Å². The molecule has 1 aromatic rings. The zero-order valence-corrected chi connectivity index (χ0v) is 17.2. The first-order valence-electron chi connectivity index (χ1n) is 9.82. The number of halogens is 1. The van der Waals surface area contributed by atoms with Gasteiger partial charge < -0.3 is 15.5 Å². The summed E-state index contributed by atoms with van der Waals surface area (Å²) in [5.41, 5.74) is 0.649. The Labute approximate surface area is 162 Å². The second-order valence-electron chi connectivity index (χ2n) is 8.16. The number of hydrogen-bond donors (Lipinski definition) is 2. The summed E-state index contributed by atoms with van der Waals surface area (Å²) >= 11 is 0. The summed E-state index contributed by atoms with van der Waals surface area (Å²) in [6.07, 6.45) is 0.913. The van der Waals surface area contributed by atoms with Crippen LogP contribution in [-0.4, -0.2) is 49.0 Å². The SMILES string of the molecule is CCNC(=NCC(C)(C)c1cccc(F)c1)NC1CCN(C(=O)C(C)C)C1. The maximum Gasteiger partial charge on any atom is 0.225 e. The van der Waals surface area contributed by atoms with Crippen LogP contribution in [0.1, 0.15) is 46.6 Å². The number of nitrogens with zero attached hydrogens (tertiary/aromatic N) is 2. The lowest BCUT2D eigenvalue weighted by Crippen LogP contribution is -2.45. The average Bonchev–Trinajstić information content (AvgIpc) is 3.07. The molecule has 1 aliphatic heterocycles. The minimum absolute atomic E-state index is 0.0257. The molecule has 0 spiro atoms. The summed E-state index contributed by atoms with van der Waals surface area (Å²) in [5.74, 6) is 0.743. The highest BCUT2D eigenvalue weighted by Gasteiger charge is 2.28. The van der Waals surface area contributed by atoms with E-state index in [1.165, 1.54) is 6.07 Å². The highest BCUT2D eigenvalue weighted by Crippen LogP contribution is 2.24. The molecule has 0 aromatic heterocycles. The molecule has 2 N–H and O–H groups in total. The second kappa shape index (κ2) is 9.20. The van der Waals surface area contributed by atoms with Crippen molar-refractivity contribution in [3.8, 4) is 0 Å². The normalized spacial score (nSPS) is 18.1. The summed E-state index contributed by atoms with van der Waals surface area (Å²) < 4.78 is 13.6. The van der Waals surface area contributed by atoms with Gasteiger partial charge in [-0.25, -0.2) is 4.39 Å². The number of carbonyl (C=O) groups excluding carboxylic acids is 1. The van der Waals surface area contributed by atoms with Crippen molar-refractivity contribution in [2.24, 2.45) is 10.9 Å². The van der Waals surface area contributed by atoms with Crippen LogP contribution >= 0.6 is 0 Å². The molecule has 27 heavy (non-hydrogen) atoms. The number of carbonyl (C=O) groups is 1. The molecule has 0 bridgehead atoms. The monoisotopic (exact) mass is 376 g/mol. The van der Waals surface area contributed by atoms with Crippen molar-refractivity contribution in [2.75, 3.05) is 26.2 Å². The largest absolute Gasteiger partial charge is 0.357 e. The van der Waals surface area contributed by atoms with Crippen molar-refractivity contribution in [1.82, 2.24) is 15.5 Å². The van der Waals surface area contributed by atoms with E-state index in [0.717, 1.165) is 31.0 Å². The van der Waals surface area contributed by atoms with Crippen LogP contribution in [0.3, 0.4) is 0 Å². The minimum atomic E-state index is -0.278. The van der Waals surface area contributed by atoms with Crippen molar-refractivity contribution < 1.29 is 9.18 Å². The van der Waals surface area contributed by atoms with Gasteiger partial charge >= 0.3 is 0 Å². The molecule has 6 heteroatoms. The van der Waals surface area contributed by atoms with Crippen LogP contribution < -0.4 is 10.6 Å². The van der Waals surface area contributed by atoms with E-state index in [1.807, 2.05) is 31.7 Å². The highest BCUT2D eigenvalue weighted by atomic mass is 19.1. The summed E-state index contributed by atoms with van der Waals surface area (Å²) in [6.45, 7) is 12.8. The maximum absolute atomic E-state index is 13.6. The lowest BCUT2D eigenvalue weighted by molar-refractivity contribution is -0.133. The standard InChI is InChI=1S/C21H33FN4O/c1-6-23-20(25-18-10-11-26(13-18)19(27)15(2)3)24-14-21(4,5)16-8-7-9-17(22)12-16/h7-9,12,15,18H,6,10-11,13-14H2,1-5H3,(H2,23,24,25). The molecule has 0 saturated carbocycles. The van der Waals surface area contributed by atoms with Crippen LogP contribution in [0.2, 0.25) is 0 Å². The van der Waals surface area contributed by atoms with Gasteiger partial charge in [-0.2, -0.15) is 0 Å². The fourth-order valence-electron chi connectivity index (χ4n) is 3.23. The van der Waals surface area contributed by atoms with Gasteiger partial charge in [-0.15, -0.1) is 0 Å². The van der Waals surface area contributed by atoms with Crippen LogP contribution in [0.25, 0.3) is 0 Å². The Morgan fingerprint density at radius 3 is 2.78 bits per heavy atom. The first kappa shape index (κ1) is 21.2. The van der Waals surface area contributed by atoms with E-state index >= 15 is 0 Å². The fourth-order valence-corrected chi connectivity index (χ4v) is 3.23. The third kappa shape index (κ3) is 5.94. The number of aliphatic imine (C=N–C) groups is 1. The third-order valence-electron chi connectivity index (χ3n) is 4.92. The topological polar surface area (TPSA) is 56.7 Å². The third-order valence-corrected chi connectivity index (χ3v) is 4.92. The van der Waals surface area contributed by atoms with Gasteiger partial charge in [-0.05, 0) is 31.0 Å². The maximum atomic E-state index is 13.6. The number of guanidine groups is 1. The van der Waals surface area contributed by atoms with Crippen molar-refractivity contribution in [3.05, 3.63) is 35.6 Å². The number of benzene rings is 1. The van der Waals surface area contributed by atoms with E-state index in [0.29, 0.717) is 13.1 Å². The molecular formula is C21H33FN4O. The molecule has 1 aliphatic rings. The zero-order valence-electron chi connectivity index (χ0n) is 17.2. The smallest absolute Gasteiger partial charge is 0.225 e. The lowest BCUT2D eigenvalue weighted by Gasteiger charge is -2.25. The van der Waals surface area contributed by atoms with Crippen molar-refractivity contribution in [3.63, 3.8) is 0 Å². The predicted molar refractivity (Wildman–Crippen MR) is 108 cm³/mol. The molecule has 1 atom stereocenters. The summed E-state index contributed by atoms with van der Waals surface area (Å²) in [4.78, 5) is 18.8. The summed E-state index contributed by atoms with van der Waals surface area (Å²) in [5, 5.41) is 6.72. The molecule has 150 valence electrons. The number of amides is 1. The highest BCUT2D eigenvalue weighted by molar-refractivity contribution is 5.81. The molecule has 5 nitrogen and oxygen atoms in total. The Bertz CT molecular complexity index is 672. The first-order chi connectivity index (χ1) is 12.7. The lowest BCUT2D eigenvalue weighted by atomic mass is 9.85. The molecule has 2 rings (SSSR count). The Morgan fingerprint density at radius 2 is 2.15 bits per heavy atom. The Hall–Kier alpha value is -2.11. The second-order valence-corrected chi connectivity index (χ2v) is 8.16. The van der Waals surface area contributed by atoms with Crippen molar-refractivity contribution in [2.45, 2.75) is 52.5 Å². The first-order valence-corrected chi connectivity index (χ1v) is 9.82. The number of hydrogen-bond acceptors (Lipinski definition) is 2. The Balaban J connectivity index is 2.01. The summed E-state index contributed by atoms with van der Waals surface area (Å²) in [7, 11) is 0. The van der Waals surface area contributed by atoms with Crippen LogP contribution in [0.15, 0.2) is 29.3 Å². The van der Waals surface area contributed by atoms with Crippen LogP contribution in [0.5, 0.6) is 0 Å². The van der Waals surface area contributed by atoms with Crippen LogP contribution in [0.4, 0.5) is 4.39 Å². The van der Waals surface area contributed by atoms with Gasteiger partial charge in [0.1, 0.15) is 5.82 Å². The molecule has 1 heterocycles. The Morgan fingerprint density at radius 1 is 1.41 bits per heavy atom. The Kier molecular flexibility index (Phi) is 7.22. The zero-order chi connectivity index (χ0) is 20.0. The average molecular weight is 377 g/mol. The van der Waals surface area contributed by atoms with Crippen molar-refractivity contribution >= 4 is 11.9 Å². The van der Waals surface area contributed by atoms with Crippen molar-refractivity contribution in [1.29, 1.82) is 0 Å². The molecular weight excluding hydrogens is 343 g/mol. The molecule has 1 fully saturated rings. The number of likely N-dealkylation sites (tertiary alicyclic amines) is 1. The molecule has 1 amide bonds. The number of nitrogens with one attached hydrogen (secondary N) is 2. The van der Waals surface area contributed by atoms with E-state index in [-0.39, 0.29) is 29.1 Å². The van der Waals surface area contributed by atoms with E-state index in [9.17, 15) is 9.18 Å². The summed E-state index contributed by atoms with van der Waals surface area (Å²) in [6, 6.07) is 6.90. The predicted octanol–water partition coefficient (Wildman–Crippen LogP) is 2.92. The van der Waals surface area contributed by atoms with Gasteiger partial charge in [0, 0.05) is 37.0 Å². The van der Waals surface area contributed by atoms with Gasteiger partial charge in [0.25, 0.3) is 0 Å². The molecule has 0 aliphatic carbocycles. The van der Waals surface area contributed by atoms with Gasteiger partial charge in [0.2, 0.25) is 5.91 Å². The molecule has 1 saturated heterocycles. The van der Waals surface area contributed by atoms with Crippen LogP contribution in [0, 0.1) is 11.7 Å². The van der Waals surface area contributed by atoms with E-state index in [4.69, 9.17) is 4.99 Å². The molecule has 1 aromatic carbocycles. The molecule has 0 radical (unpaired) electrons. The van der Waals surface area contributed by atoms with Crippen LogP contribution in [-0.2, 0) is 10.2 Å². The van der Waals surface area contributed by atoms with Gasteiger partial charge in [0.05, 0.1) is 6.54 Å². The van der Waals surface area contributed by atoms with Gasteiger partial charge in [0.15, 0.2) is 5.96 Å². The van der Waals surface area contributed by atoms with E-state index in [2.05, 4.69) is 24.5 Å². The quantitative estimate of drug-likeness (QED) is 0.593. The van der Waals surface area contributed by atoms with E-state index in [1.54, 1.807) is 12.1 Å². The van der Waals surface area contributed by atoms with E-state index < -0.39 is 0 Å². The fraction of sp³-hybridized carbons (Fsp3) is 0.619.